The minimum Gasteiger partial charge on any atom is -0.512 e. The fourth-order valence-electron chi connectivity index (χ4n) is 5.66. The molecule has 1 saturated heterocycles. The molecule has 1 amide bonds. The predicted molar refractivity (Wildman–Crippen MR) is 104 cm³/mol. The Morgan fingerprint density at radius 2 is 1.93 bits per heavy atom. The molecule has 1 aromatic carbocycles. The van der Waals surface area contributed by atoms with Crippen molar-refractivity contribution in [1.29, 1.82) is 0 Å². The number of nitrogens with two attached hydrogens (primary N) is 1. The van der Waals surface area contributed by atoms with E-state index in [1.54, 1.807) is 6.07 Å². The van der Waals surface area contributed by atoms with Gasteiger partial charge in [0, 0.05) is 37.7 Å². The van der Waals surface area contributed by atoms with E-state index in [-0.39, 0.29) is 29.1 Å². The van der Waals surface area contributed by atoms with Crippen LogP contribution in [0.25, 0.3) is 0 Å². The van der Waals surface area contributed by atoms with Gasteiger partial charge >= 0.3 is 0 Å². The number of ketones is 1. The molecular formula is C21H22N2O7. The van der Waals surface area contributed by atoms with Crippen LogP contribution < -0.4 is 10.6 Å². The summed E-state index contributed by atoms with van der Waals surface area (Å²) >= 11 is 0. The van der Waals surface area contributed by atoms with Crippen LogP contribution in [0.2, 0.25) is 0 Å². The molecule has 0 bridgehead atoms. The smallest absolute Gasteiger partial charge is 0.253 e. The summed E-state index contributed by atoms with van der Waals surface area (Å²) in [5.41, 5.74) is 4.77. The Kier molecular flexibility index (Phi) is 3.51. The number of anilines is 1. The molecule has 4 atom stereocenters. The summed E-state index contributed by atoms with van der Waals surface area (Å²) in [6.07, 6.45) is 0.710. The number of rotatable bonds is 2. The molecule has 1 fully saturated rings. The van der Waals surface area contributed by atoms with Gasteiger partial charge in [-0.2, -0.15) is 0 Å². The number of primary amides is 1. The van der Waals surface area contributed by atoms with E-state index in [0.717, 1.165) is 5.69 Å². The third-order valence-electron chi connectivity index (χ3n) is 6.91. The lowest BCUT2D eigenvalue weighted by Gasteiger charge is -2.41. The van der Waals surface area contributed by atoms with Gasteiger partial charge in [-0.1, -0.05) is 0 Å². The number of benzene rings is 1. The monoisotopic (exact) mass is 414 g/mol. The van der Waals surface area contributed by atoms with Crippen LogP contribution in [-0.2, 0) is 16.0 Å². The second kappa shape index (κ2) is 5.55. The van der Waals surface area contributed by atoms with Crippen LogP contribution in [0.4, 0.5) is 5.69 Å². The van der Waals surface area contributed by atoms with Crippen LogP contribution >= 0.6 is 0 Å². The lowest BCUT2D eigenvalue weighted by Crippen LogP contribution is -2.49. The Hall–Kier alpha value is -3.04. The van der Waals surface area contributed by atoms with E-state index in [4.69, 9.17) is 10.5 Å². The van der Waals surface area contributed by atoms with Crippen LogP contribution in [0.1, 0.15) is 28.8 Å². The highest BCUT2D eigenvalue weighted by atomic mass is 16.8. The highest BCUT2D eigenvalue weighted by Gasteiger charge is 2.82. The summed E-state index contributed by atoms with van der Waals surface area (Å²) in [6.45, 7) is 0. The van der Waals surface area contributed by atoms with Crippen molar-refractivity contribution in [1.82, 2.24) is 0 Å². The molecule has 0 aromatic heterocycles. The number of phenols is 1. The molecule has 0 saturated carbocycles. The quantitative estimate of drug-likeness (QED) is 0.445. The molecule has 158 valence electrons. The minimum absolute atomic E-state index is 0.0178. The number of Topliss-reactive ketones (excluding diaryl/α,β-unsaturated/α-hetero) is 1. The topological polar surface area (TPSA) is 157 Å². The number of phenolic OH excluding ortho intramolecular Hbond substituents is 1. The van der Waals surface area contributed by atoms with Crippen LogP contribution in [0.15, 0.2) is 34.8 Å². The van der Waals surface area contributed by atoms with Crippen molar-refractivity contribution < 1.29 is 34.8 Å². The van der Waals surface area contributed by atoms with Crippen molar-refractivity contribution in [2.75, 3.05) is 19.0 Å². The largest absolute Gasteiger partial charge is 0.512 e. The molecule has 3 aliphatic carbocycles. The number of carbonyl (C=O) groups is 2. The summed E-state index contributed by atoms with van der Waals surface area (Å²) < 4.78 is 5.50. The average Bonchev–Trinajstić information content (AvgIpc) is 3.27. The average molecular weight is 414 g/mol. The lowest BCUT2D eigenvalue weighted by molar-refractivity contribution is -0.117. The van der Waals surface area contributed by atoms with Gasteiger partial charge in [0.2, 0.25) is 5.79 Å². The van der Waals surface area contributed by atoms with Crippen molar-refractivity contribution in [3.63, 3.8) is 0 Å². The number of aliphatic hydroxyl groups excluding tert-OH is 2. The molecule has 1 spiro atoms. The molecule has 1 heterocycles. The SMILES string of the molecule is CN(C)c1ccc(O)c2c1CC1CC3CC(O)=C(C(N)=O)C4(O)O[C@]34C(O)=C1C2=O. The van der Waals surface area contributed by atoms with Crippen molar-refractivity contribution in [2.45, 2.75) is 30.7 Å². The van der Waals surface area contributed by atoms with Gasteiger partial charge in [-0.15, -0.1) is 0 Å². The number of amides is 1. The fraction of sp³-hybridized carbons (Fsp3) is 0.429. The first kappa shape index (κ1) is 19.0. The number of hydrogen-bond acceptors (Lipinski definition) is 8. The number of allylic oxidation sites excluding steroid dienone is 2. The van der Waals surface area contributed by atoms with E-state index in [9.17, 15) is 30.0 Å². The second-order valence-electron chi connectivity index (χ2n) is 8.65. The summed E-state index contributed by atoms with van der Waals surface area (Å²) in [5.74, 6) is -5.82. The number of epoxide rings is 1. The molecule has 9 nitrogen and oxygen atoms in total. The van der Waals surface area contributed by atoms with E-state index in [1.807, 2.05) is 19.0 Å². The maximum atomic E-state index is 13.4. The van der Waals surface area contributed by atoms with Crippen LogP contribution in [-0.4, -0.2) is 57.6 Å². The molecule has 1 aromatic rings. The molecular weight excluding hydrogens is 392 g/mol. The highest BCUT2D eigenvalue weighted by molar-refractivity contribution is 6.14. The van der Waals surface area contributed by atoms with Crippen LogP contribution in [0.3, 0.4) is 0 Å². The molecule has 6 N–H and O–H groups in total. The van der Waals surface area contributed by atoms with Gasteiger partial charge in [-0.25, -0.2) is 0 Å². The van der Waals surface area contributed by atoms with E-state index in [1.165, 1.54) is 6.07 Å². The summed E-state index contributed by atoms with van der Waals surface area (Å²) in [4.78, 5) is 27.0. The van der Waals surface area contributed by atoms with Gasteiger partial charge in [0.25, 0.3) is 5.91 Å². The van der Waals surface area contributed by atoms with Gasteiger partial charge in [0.15, 0.2) is 11.4 Å². The summed E-state index contributed by atoms with van der Waals surface area (Å²) in [6, 6.07) is 3.17. The van der Waals surface area contributed by atoms with E-state index < -0.39 is 46.2 Å². The molecule has 5 rings (SSSR count). The van der Waals surface area contributed by atoms with Gasteiger partial charge in [0.1, 0.15) is 22.8 Å². The van der Waals surface area contributed by atoms with Crippen molar-refractivity contribution in [2.24, 2.45) is 17.6 Å². The van der Waals surface area contributed by atoms with Gasteiger partial charge in [-0.05, 0) is 36.5 Å². The number of nitrogens with zero attached hydrogens (tertiary/aromatic N) is 1. The van der Waals surface area contributed by atoms with Crippen molar-refractivity contribution >= 4 is 17.4 Å². The maximum Gasteiger partial charge on any atom is 0.253 e. The Morgan fingerprint density at radius 3 is 2.57 bits per heavy atom. The van der Waals surface area contributed by atoms with Gasteiger partial charge in [-0.3, -0.25) is 9.59 Å². The number of fused-ring (bicyclic) bond motifs is 2. The number of ether oxygens (including phenoxy) is 1. The first-order valence-electron chi connectivity index (χ1n) is 9.70. The molecule has 0 radical (unpaired) electrons. The normalized spacial score (nSPS) is 34.0. The zero-order valence-corrected chi connectivity index (χ0v) is 16.5. The third kappa shape index (κ3) is 1.99. The van der Waals surface area contributed by atoms with E-state index >= 15 is 0 Å². The van der Waals surface area contributed by atoms with Crippen molar-refractivity contribution in [3.05, 3.63) is 45.9 Å². The first-order valence-corrected chi connectivity index (χ1v) is 9.70. The lowest BCUT2D eigenvalue weighted by atomic mass is 9.61. The van der Waals surface area contributed by atoms with Gasteiger partial charge in [0.05, 0.1) is 5.56 Å². The zero-order chi connectivity index (χ0) is 21.7. The molecule has 1 aliphatic heterocycles. The van der Waals surface area contributed by atoms with Crippen LogP contribution in [0.5, 0.6) is 5.75 Å². The highest BCUT2D eigenvalue weighted by Crippen LogP contribution is 2.68. The first-order chi connectivity index (χ1) is 14.0. The number of aliphatic hydroxyl groups is 3. The summed E-state index contributed by atoms with van der Waals surface area (Å²) in [7, 11) is 3.67. The predicted octanol–water partition coefficient (Wildman–Crippen LogP) is 0.804. The van der Waals surface area contributed by atoms with Crippen molar-refractivity contribution in [3.8, 4) is 5.75 Å². The number of carbonyl (C=O) groups excluding carboxylic acids is 2. The third-order valence-corrected chi connectivity index (χ3v) is 6.91. The molecule has 4 aliphatic rings. The van der Waals surface area contributed by atoms with Gasteiger partial charge < -0.3 is 35.8 Å². The van der Waals surface area contributed by atoms with Crippen LogP contribution in [0, 0.1) is 11.8 Å². The Labute approximate surface area is 171 Å². The zero-order valence-electron chi connectivity index (χ0n) is 16.5. The maximum absolute atomic E-state index is 13.4. The second-order valence-corrected chi connectivity index (χ2v) is 8.65. The molecule has 3 unspecified atom stereocenters. The molecule has 30 heavy (non-hydrogen) atoms. The minimum atomic E-state index is -2.28. The number of aromatic hydroxyl groups is 1. The summed E-state index contributed by atoms with van der Waals surface area (Å²) in [5, 5.41) is 42.8. The Morgan fingerprint density at radius 1 is 1.23 bits per heavy atom. The Bertz CT molecular complexity index is 1100. The molecule has 9 heteroatoms. The fourth-order valence-corrected chi connectivity index (χ4v) is 5.66. The number of hydrogen-bond donors (Lipinski definition) is 5. The van der Waals surface area contributed by atoms with E-state index in [2.05, 4.69) is 0 Å². The standard InChI is InChI=1S/C21H22N2O7/c1-23(2)11-3-4-12(24)15-10(11)6-8-5-9-7-13(25)16(19(22)28)21(29)20(9,30-21)18(27)14(8)17(15)26/h3-4,8-9,24-25,27,29H,5-7H2,1-2H3,(H2,22,28)/t8?,9?,20-,21?/m0/s1. The van der Waals surface area contributed by atoms with E-state index in [0.29, 0.717) is 18.4 Å². The Balaban J connectivity index is 1.69.